The van der Waals surface area contributed by atoms with E-state index >= 15 is 0 Å². The summed E-state index contributed by atoms with van der Waals surface area (Å²) in [6.07, 6.45) is 3.96. The van der Waals surface area contributed by atoms with Crippen molar-refractivity contribution in [2.24, 2.45) is 0 Å². The van der Waals surface area contributed by atoms with Crippen molar-refractivity contribution in [1.82, 2.24) is 10.2 Å². The minimum absolute atomic E-state index is 0.686. The summed E-state index contributed by atoms with van der Waals surface area (Å²) in [7, 11) is 1.75. The highest BCUT2D eigenvalue weighted by molar-refractivity contribution is 9.10. The Labute approximate surface area is 123 Å². The van der Waals surface area contributed by atoms with Crippen LogP contribution in [0.25, 0.3) is 0 Å². The van der Waals surface area contributed by atoms with Gasteiger partial charge in [0.15, 0.2) is 0 Å². The van der Waals surface area contributed by atoms with Gasteiger partial charge in [0.05, 0.1) is 7.11 Å². The fourth-order valence-electron chi connectivity index (χ4n) is 3.27. The average molecular weight is 325 g/mol. The van der Waals surface area contributed by atoms with E-state index in [2.05, 4.69) is 32.2 Å². The van der Waals surface area contributed by atoms with Crippen LogP contribution in [0.15, 0.2) is 22.7 Å². The molecule has 1 N–H and O–H groups in total. The predicted octanol–water partition coefficient (Wildman–Crippen LogP) is 2.78. The Morgan fingerprint density at radius 2 is 2.16 bits per heavy atom. The summed E-state index contributed by atoms with van der Waals surface area (Å²) < 4.78 is 6.59. The molecule has 3 rings (SSSR count). The van der Waals surface area contributed by atoms with E-state index < -0.39 is 0 Å². The van der Waals surface area contributed by atoms with Gasteiger partial charge in [-0.05, 0) is 37.5 Å². The molecule has 2 saturated heterocycles. The van der Waals surface area contributed by atoms with Crippen LogP contribution in [-0.4, -0.2) is 37.2 Å². The van der Waals surface area contributed by atoms with Crippen LogP contribution in [0.1, 0.15) is 24.8 Å². The van der Waals surface area contributed by atoms with E-state index in [1.54, 1.807) is 7.11 Å². The fourth-order valence-corrected chi connectivity index (χ4v) is 3.68. The monoisotopic (exact) mass is 324 g/mol. The number of fused-ring (bicyclic) bond motifs is 2. The van der Waals surface area contributed by atoms with E-state index in [0.717, 1.165) is 29.4 Å². The Kier molecular flexibility index (Phi) is 4.10. The summed E-state index contributed by atoms with van der Waals surface area (Å²) in [4.78, 5) is 2.56. The molecule has 2 bridgehead atoms. The molecule has 0 amide bonds. The summed E-state index contributed by atoms with van der Waals surface area (Å²) in [6.45, 7) is 3.32. The number of hydrogen-bond donors (Lipinski definition) is 1. The summed E-state index contributed by atoms with van der Waals surface area (Å²) in [5, 5.41) is 3.73. The normalized spacial score (nSPS) is 27.3. The van der Waals surface area contributed by atoms with Crippen LogP contribution < -0.4 is 10.1 Å². The molecule has 0 aromatic heterocycles. The highest BCUT2D eigenvalue weighted by Crippen LogP contribution is 2.26. The number of nitrogens with zero attached hydrogens (tertiary/aromatic N) is 1. The number of hydrogen-bond acceptors (Lipinski definition) is 3. The molecule has 2 fully saturated rings. The van der Waals surface area contributed by atoms with Crippen LogP contribution >= 0.6 is 15.9 Å². The van der Waals surface area contributed by atoms with Gasteiger partial charge in [0.1, 0.15) is 5.75 Å². The SMILES string of the molecule is COc1ccc(Br)cc1CN1CCC2CCC(C1)N2. The molecule has 0 spiro atoms. The molecule has 2 unspecified atom stereocenters. The quantitative estimate of drug-likeness (QED) is 0.925. The third kappa shape index (κ3) is 3.12. The molecule has 2 heterocycles. The molecule has 104 valence electrons. The van der Waals surface area contributed by atoms with Gasteiger partial charge >= 0.3 is 0 Å². The van der Waals surface area contributed by atoms with E-state index in [1.807, 2.05) is 12.1 Å². The van der Waals surface area contributed by atoms with Crippen molar-refractivity contribution in [3.63, 3.8) is 0 Å². The summed E-state index contributed by atoms with van der Waals surface area (Å²) in [5.74, 6) is 0.991. The van der Waals surface area contributed by atoms with Crippen molar-refractivity contribution in [3.8, 4) is 5.75 Å². The second-order valence-corrected chi connectivity index (χ2v) is 6.53. The maximum Gasteiger partial charge on any atom is 0.123 e. The molecular formula is C15H21BrN2O. The highest BCUT2D eigenvalue weighted by atomic mass is 79.9. The first-order valence-corrected chi connectivity index (χ1v) is 7.84. The van der Waals surface area contributed by atoms with Crippen molar-refractivity contribution in [2.75, 3.05) is 20.2 Å². The molecule has 19 heavy (non-hydrogen) atoms. The third-order valence-corrected chi connectivity index (χ3v) is 4.74. The Morgan fingerprint density at radius 1 is 1.32 bits per heavy atom. The molecule has 0 aliphatic carbocycles. The molecule has 2 atom stereocenters. The lowest BCUT2D eigenvalue weighted by Crippen LogP contribution is -2.35. The van der Waals surface area contributed by atoms with Crippen molar-refractivity contribution in [1.29, 1.82) is 0 Å². The van der Waals surface area contributed by atoms with Crippen LogP contribution in [0.3, 0.4) is 0 Å². The lowest BCUT2D eigenvalue weighted by atomic mass is 10.1. The number of halogens is 1. The summed E-state index contributed by atoms with van der Waals surface area (Å²) in [5.41, 5.74) is 1.27. The number of benzene rings is 1. The van der Waals surface area contributed by atoms with Crippen LogP contribution in [0, 0.1) is 0 Å². The number of likely N-dealkylation sites (tertiary alicyclic amines) is 1. The first-order chi connectivity index (χ1) is 9.24. The van der Waals surface area contributed by atoms with Crippen LogP contribution in [0.4, 0.5) is 0 Å². The van der Waals surface area contributed by atoms with E-state index in [4.69, 9.17) is 4.74 Å². The van der Waals surface area contributed by atoms with Crippen molar-refractivity contribution in [2.45, 2.75) is 37.9 Å². The first kappa shape index (κ1) is 13.4. The zero-order valence-electron chi connectivity index (χ0n) is 11.4. The maximum absolute atomic E-state index is 5.47. The molecule has 0 saturated carbocycles. The van der Waals surface area contributed by atoms with Gasteiger partial charge in [0.2, 0.25) is 0 Å². The van der Waals surface area contributed by atoms with Crippen LogP contribution in [-0.2, 0) is 6.54 Å². The molecule has 0 radical (unpaired) electrons. The van der Waals surface area contributed by atoms with E-state index in [9.17, 15) is 0 Å². The molecule has 2 aliphatic heterocycles. The number of methoxy groups -OCH3 is 1. The Morgan fingerprint density at radius 3 is 3.00 bits per heavy atom. The molecule has 2 aliphatic rings. The van der Waals surface area contributed by atoms with Gasteiger partial charge in [-0.2, -0.15) is 0 Å². The van der Waals surface area contributed by atoms with Gasteiger partial charge in [-0.15, -0.1) is 0 Å². The minimum atomic E-state index is 0.686. The fraction of sp³-hybridized carbons (Fsp3) is 0.600. The van der Waals surface area contributed by atoms with Crippen LogP contribution in [0.2, 0.25) is 0 Å². The largest absolute Gasteiger partial charge is 0.496 e. The standard InChI is InChI=1S/C15H21BrN2O/c1-19-15-5-2-12(16)8-11(15)9-18-7-6-13-3-4-14(10-18)17-13/h2,5,8,13-14,17H,3-4,6-7,9-10H2,1H3. The minimum Gasteiger partial charge on any atom is -0.496 e. The van der Waals surface area contributed by atoms with Gasteiger partial charge in [-0.1, -0.05) is 15.9 Å². The predicted molar refractivity (Wildman–Crippen MR) is 80.5 cm³/mol. The number of nitrogens with one attached hydrogen (secondary N) is 1. The molecule has 4 heteroatoms. The lowest BCUT2D eigenvalue weighted by Gasteiger charge is -2.24. The van der Waals surface area contributed by atoms with E-state index in [0.29, 0.717) is 6.04 Å². The summed E-state index contributed by atoms with van der Waals surface area (Å²) in [6, 6.07) is 7.69. The highest BCUT2D eigenvalue weighted by Gasteiger charge is 2.29. The molecule has 1 aromatic rings. The van der Waals surface area contributed by atoms with Gasteiger partial charge in [-0.25, -0.2) is 0 Å². The molecule has 3 nitrogen and oxygen atoms in total. The third-order valence-electron chi connectivity index (χ3n) is 4.24. The summed E-state index contributed by atoms with van der Waals surface area (Å²) >= 11 is 3.55. The van der Waals surface area contributed by atoms with Gasteiger partial charge < -0.3 is 10.1 Å². The first-order valence-electron chi connectivity index (χ1n) is 7.05. The van der Waals surface area contributed by atoms with Crippen molar-refractivity contribution >= 4 is 15.9 Å². The van der Waals surface area contributed by atoms with Crippen molar-refractivity contribution in [3.05, 3.63) is 28.2 Å². The van der Waals surface area contributed by atoms with E-state index in [1.165, 1.54) is 31.4 Å². The topological polar surface area (TPSA) is 24.5 Å². The lowest BCUT2D eigenvalue weighted by molar-refractivity contribution is 0.247. The second kappa shape index (κ2) is 5.81. The van der Waals surface area contributed by atoms with Crippen LogP contribution in [0.5, 0.6) is 5.75 Å². The molecular weight excluding hydrogens is 304 g/mol. The van der Waals surface area contributed by atoms with Crippen molar-refractivity contribution < 1.29 is 4.74 Å². The van der Waals surface area contributed by atoms with Gasteiger partial charge in [0, 0.05) is 41.8 Å². The van der Waals surface area contributed by atoms with E-state index in [-0.39, 0.29) is 0 Å². The van der Waals surface area contributed by atoms with Gasteiger partial charge in [0.25, 0.3) is 0 Å². The smallest absolute Gasteiger partial charge is 0.123 e. The zero-order chi connectivity index (χ0) is 13.2. The number of ether oxygens (including phenoxy) is 1. The average Bonchev–Trinajstić information content (AvgIpc) is 2.73. The maximum atomic E-state index is 5.47. The Bertz CT molecular complexity index is 452. The Balaban J connectivity index is 1.72. The molecule has 1 aromatic carbocycles. The zero-order valence-corrected chi connectivity index (χ0v) is 12.9. The second-order valence-electron chi connectivity index (χ2n) is 5.62. The Hall–Kier alpha value is -0.580. The number of rotatable bonds is 3. The van der Waals surface area contributed by atoms with Gasteiger partial charge in [-0.3, -0.25) is 4.90 Å².